The topological polar surface area (TPSA) is 37.4 Å². The molecule has 0 saturated carbocycles. The monoisotopic (exact) mass is 259 g/mol. The second-order valence-electron chi connectivity index (χ2n) is 5.33. The molecule has 0 atom stereocenters. The van der Waals surface area contributed by atoms with E-state index in [4.69, 9.17) is 0 Å². The van der Waals surface area contributed by atoms with Crippen LogP contribution in [-0.4, -0.2) is 29.7 Å². The van der Waals surface area contributed by atoms with E-state index < -0.39 is 0 Å². The van der Waals surface area contributed by atoms with E-state index in [1.165, 1.54) is 0 Å². The fourth-order valence-corrected chi connectivity index (χ4v) is 2.42. The van der Waals surface area contributed by atoms with Gasteiger partial charge >= 0.3 is 0 Å². The summed E-state index contributed by atoms with van der Waals surface area (Å²) in [5, 5.41) is 0. The van der Waals surface area contributed by atoms with Gasteiger partial charge in [0.25, 0.3) is 5.91 Å². The number of carbonyl (C=O) groups excluding carboxylic acids is 2. The van der Waals surface area contributed by atoms with Crippen LogP contribution in [0, 0.1) is 13.8 Å². The first-order valence-electron chi connectivity index (χ1n) is 7.00. The summed E-state index contributed by atoms with van der Waals surface area (Å²) in [6.07, 6.45) is 4.32. The van der Waals surface area contributed by atoms with Crippen LogP contribution in [0.3, 0.4) is 0 Å². The lowest BCUT2D eigenvalue weighted by Crippen LogP contribution is -2.37. The molecule has 1 amide bonds. The smallest absolute Gasteiger partial charge is 0.294 e. The van der Waals surface area contributed by atoms with Gasteiger partial charge in [-0.2, -0.15) is 0 Å². The predicted molar refractivity (Wildman–Crippen MR) is 75.3 cm³/mol. The van der Waals surface area contributed by atoms with Crippen molar-refractivity contribution in [3.8, 4) is 0 Å². The highest BCUT2D eigenvalue weighted by atomic mass is 16.2. The van der Waals surface area contributed by atoms with E-state index in [-0.39, 0.29) is 11.7 Å². The third-order valence-electron chi connectivity index (χ3n) is 3.86. The van der Waals surface area contributed by atoms with Gasteiger partial charge in [-0.15, -0.1) is 0 Å². The minimum absolute atomic E-state index is 0.342. The Hall–Kier alpha value is -1.64. The molecule has 0 unspecified atom stereocenters. The molecule has 1 heterocycles. The molecule has 102 valence electrons. The van der Waals surface area contributed by atoms with Crippen LogP contribution in [0.2, 0.25) is 0 Å². The van der Waals surface area contributed by atoms with Crippen LogP contribution in [0.1, 0.15) is 47.2 Å². The van der Waals surface area contributed by atoms with Crippen molar-refractivity contribution in [1.29, 1.82) is 0 Å². The maximum absolute atomic E-state index is 12.2. The maximum atomic E-state index is 12.2. The SMILES string of the molecule is Cc1ccc(C(=O)C(=O)N2CCCCCC2)cc1C. The number of rotatable bonds is 2. The van der Waals surface area contributed by atoms with Crippen molar-refractivity contribution >= 4 is 11.7 Å². The molecule has 0 radical (unpaired) electrons. The summed E-state index contributed by atoms with van der Waals surface area (Å²) >= 11 is 0. The molecule has 1 aromatic rings. The molecule has 3 nitrogen and oxygen atoms in total. The molecule has 1 aromatic carbocycles. The first kappa shape index (κ1) is 13.8. The first-order valence-corrected chi connectivity index (χ1v) is 7.00. The third-order valence-corrected chi connectivity index (χ3v) is 3.86. The minimum atomic E-state index is -0.370. The Bertz CT molecular complexity index is 486. The summed E-state index contributed by atoms with van der Waals surface area (Å²) in [5.41, 5.74) is 2.70. The summed E-state index contributed by atoms with van der Waals surface area (Å²) in [6, 6.07) is 5.46. The van der Waals surface area contributed by atoms with E-state index in [9.17, 15) is 9.59 Å². The summed E-state index contributed by atoms with van der Waals surface area (Å²) in [7, 11) is 0. The molecule has 1 aliphatic rings. The zero-order valence-electron chi connectivity index (χ0n) is 11.7. The van der Waals surface area contributed by atoms with Gasteiger partial charge in [0.05, 0.1) is 0 Å². The summed E-state index contributed by atoms with van der Waals surface area (Å²) in [4.78, 5) is 26.2. The van der Waals surface area contributed by atoms with E-state index in [1.807, 2.05) is 26.0 Å². The number of hydrogen-bond donors (Lipinski definition) is 0. The largest absolute Gasteiger partial charge is 0.336 e. The average Bonchev–Trinajstić information content (AvgIpc) is 2.69. The minimum Gasteiger partial charge on any atom is -0.336 e. The Kier molecular flexibility index (Phi) is 4.35. The van der Waals surface area contributed by atoms with Crippen LogP contribution in [0.4, 0.5) is 0 Å². The second-order valence-corrected chi connectivity index (χ2v) is 5.33. The van der Waals surface area contributed by atoms with E-state index in [0.717, 1.165) is 49.9 Å². The van der Waals surface area contributed by atoms with Gasteiger partial charge in [0.2, 0.25) is 5.78 Å². The number of Topliss-reactive ketones (excluding diaryl/α,β-unsaturated/α-hetero) is 1. The molecule has 1 aliphatic heterocycles. The number of amides is 1. The number of ketones is 1. The molecule has 1 saturated heterocycles. The van der Waals surface area contributed by atoms with Crippen molar-refractivity contribution in [2.45, 2.75) is 39.5 Å². The Morgan fingerprint density at radius 3 is 2.16 bits per heavy atom. The Morgan fingerprint density at radius 2 is 1.58 bits per heavy atom. The fourth-order valence-electron chi connectivity index (χ4n) is 2.42. The van der Waals surface area contributed by atoms with E-state index >= 15 is 0 Å². The molecule has 2 rings (SSSR count). The number of nitrogens with zero attached hydrogens (tertiary/aromatic N) is 1. The molecular formula is C16H21NO2. The van der Waals surface area contributed by atoms with Crippen LogP contribution in [0.25, 0.3) is 0 Å². The van der Waals surface area contributed by atoms with Crippen molar-refractivity contribution in [2.75, 3.05) is 13.1 Å². The van der Waals surface area contributed by atoms with Gasteiger partial charge in [0, 0.05) is 18.7 Å². The lowest BCUT2D eigenvalue weighted by molar-refractivity contribution is -0.126. The first-order chi connectivity index (χ1) is 9.09. The van der Waals surface area contributed by atoms with Crippen LogP contribution in [0.5, 0.6) is 0 Å². The predicted octanol–water partition coefficient (Wildman–Crippen LogP) is 2.89. The number of likely N-dealkylation sites (tertiary alicyclic amines) is 1. The number of aryl methyl sites for hydroxylation is 2. The lowest BCUT2D eigenvalue weighted by atomic mass is 10.0. The molecule has 3 heteroatoms. The normalized spacial score (nSPS) is 16.0. The molecule has 1 fully saturated rings. The number of carbonyl (C=O) groups is 2. The van der Waals surface area contributed by atoms with Crippen molar-refractivity contribution in [3.63, 3.8) is 0 Å². The Balaban J connectivity index is 2.13. The number of hydrogen-bond acceptors (Lipinski definition) is 2. The van der Waals surface area contributed by atoms with Gasteiger partial charge < -0.3 is 4.90 Å². The molecular weight excluding hydrogens is 238 g/mol. The van der Waals surface area contributed by atoms with E-state index in [0.29, 0.717) is 5.56 Å². The highest BCUT2D eigenvalue weighted by Gasteiger charge is 2.23. The third kappa shape index (κ3) is 3.22. The van der Waals surface area contributed by atoms with Gasteiger partial charge in [0.1, 0.15) is 0 Å². The van der Waals surface area contributed by atoms with Crippen LogP contribution in [0.15, 0.2) is 18.2 Å². The molecule has 19 heavy (non-hydrogen) atoms. The summed E-state index contributed by atoms with van der Waals surface area (Å²) in [6.45, 7) is 5.40. The van der Waals surface area contributed by atoms with E-state index in [1.54, 1.807) is 11.0 Å². The van der Waals surface area contributed by atoms with Gasteiger partial charge in [0.15, 0.2) is 0 Å². The molecule has 0 N–H and O–H groups in total. The van der Waals surface area contributed by atoms with Gasteiger partial charge in [-0.05, 0) is 43.9 Å². The molecule has 0 aliphatic carbocycles. The molecule has 0 bridgehead atoms. The quantitative estimate of drug-likeness (QED) is 0.605. The standard InChI is InChI=1S/C16H21NO2/c1-12-7-8-14(11-13(12)2)15(18)16(19)17-9-5-3-4-6-10-17/h7-8,11H,3-6,9-10H2,1-2H3. The van der Waals surface area contributed by atoms with E-state index in [2.05, 4.69) is 0 Å². The summed E-state index contributed by atoms with van der Waals surface area (Å²) in [5.74, 6) is -0.713. The van der Waals surface area contributed by atoms with Crippen LogP contribution in [-0.2, 0) is 4.79 Å². The fraction of sp³-hybridized carbons (Fsp3) is 0.500. The zero-order chi connectivity index (χ0) is 13.8. The highest BCUT2D eigenvalue weighted by Crippen LogP contribution is 2.14. The molecule has 0 aromatic heterocycles. The lowest BCUT2D eigenvalue weighted by Gasteiger charge is -2.19. The number of benzene rings is 1. The Labute approximate surface area is 114 Å². The highest BCUT2D eigenvalue weighted by molar-refractivity contribution is 6.42. The zero-order valence-corrected chi connectivity index (χ0v) is 11.7. The van der Waals surface area contributed by atoms with Gasteiger partial charge in [-0.3, -0.25) is 9.59 Å². The Morgan fingerprint density at radius 1 is 0.947 bits per heavy atom. The van der Waals surface area contributed by atoms with Crippen LogP contribution >= 0.6 is 0 Å². The maximum Gasteiger partial charge on any atom is 0.294 e. The van der Waals surface area contributed by atoms with Crippen LogP contribution < -0.4 is 0 Å². The second kappa shape index (κ2) is 6.00. The van der Waals surface area contributed by atoms with Crippen molar-refractivity contribution in [2.24, 2.45) is 0 Å². The van der Waals surface area contributed by atoms with Crippen molar-refractivity contribution < 1.29 is 9.59 Å². The van der Waals surface area contributed by atoms with Gasteiger partial charge in [-0.25, -0.2) is 0 Å². The molecule has 0 spiro atoms. The summed E-state index contributed by atoms with van der Waals surface area (Å²) < 4.78 is 0. The van der Waals surface area contributed by atoms with Crippen molar-refractivity contribution in [3.05, 3.63) is 34.9 Å². The van der Waals surface area contributed by atoms with Crippen molar-refractivity contribution in [1.82, 2.24) is 4.90 Å². The average molecular weight is 259 g/mol. The van der Waals surface area contributed by atoms with Gasteiger partial charge in [-0.1, -0.05) is 25.0 Å².